The minimum absolute atomic E-state index is 0.212. The lowest BCUT2D eigenvalue weighted by atomic mass is 10.00. The number of benzene rings is 2. The summed E-state index contributed by atoms with van der Waals surface area (Å²) in [5.41, 5.74) is 5.25. The first kappa shape index (κ1) is 20.5. The molecule has 1 aliphatic heterocycles. The van der Waals surface area contributed by atoms with Gasteiger partial charge in [0.1, 0.15) is 0 Å². The van der Waals surface area contributed by atoms with Gasteiger partial charge in [-0.1, -0.05) is 56.3 Å². The maximum atomic E-state index is 4.46. The maximum absolute atomic E-state index is 4.46. The zero-order valence-corrected chi connectivity index (χ0v) is 18.5. The van der Waals surface area contributed by atoms with Crippen LogP contribution in [0.3, 0.4) is 0 Å². The van der Waals surface area contributed by atoms with Gasteiger partial charge in [-0.05, 0) is 52.9 Å². The van der Waals surface area contributed by atoms with Gasteiger partial charge in [0, 0.05) is 31.9 Å². The van der Waals surface area contributed by atoms with Crippen molar-refractivity contribution in [3.63, 3.8) is 0 Å². The summed E-state index contributed by atoms with van der Waals surface area (Å²) in [5, 5.41) is 12.8. The lowest BCUT2D eigenvalue weighted by molar-refractivity contribution is 0.135. The molecule has 1 unspecified atom stereocenters. The van der Waals surface area contributed by atoms with Crippen molar-refractivity contribution < 1.29 is 0 Å². The molecule has 0 aliphatic carbocycles. The Hall–Kier alpha value is -2.73. The Kier molecular flexibility index (Phi) is 6.13. The van der Waals surface area contributed by atoms with Crippen molar-refractivity contribution in [2.75, 3.05) is 31.1 Å². The Labute approximate surface area is 179 Å². The number of tetrazole rings is 1. The minimum Gasteiger partial charge on any atom is -0.369 e. The summed E-state index contributed by atoms with van der Waals surface area (Å²) < 4.78 is 1.97. The van der Waals surface area contributed by atoms with Crippen molar-refractivity contribution in [1.82, 2.24) is 25.1 Å². The van der Waals surface area contributed by atoms with Crippen molar-refractivity contribution in [2.45, 2.75) is 40.3 Å². The highest BCUT2D eigenvalue weighted by Crippen LogP contribution is 2.30. The molecular formula is C24H32N6. The fraction of sp³-hybridized carbons (Fsp3) is 0.458. The van der Waals surface area contributed by atoms with Crippen LogP contribution in [-0.4, -0.2) is 51.3 Å². The molecule has 2 aromatic carbocycles. The summed E-state index contributed by atoms with van der Waals surface area (Å²) >= 11 is 0. The summed E-state index contributed by atoms with van der Waals surface area (Å²) in [7, 11) is 0. The first-order valence-electron chi connectivity index (χ1n) is 10.9. The summed E-state index contributed by atoms with van der Waals surface area (Å²) in [6.07, 6.45) is 0. The van der Waals surface area contributed by atoms with Crippen LogP contribution in [0.5, 0.6) is 0 Å². The molecule has 2 heterocycles. The first-order valence-corrected chi connectivity index (χ1v) is 10.9. The number of nitrogens with zero attached hydrogens (tertiary/aromatic N) is 6. The lowest BCUT2D eigenvalue weighted by Crippen LogP contribution is -2.49. The molecule has 0 bridgehead atoms. The monoisotopic (exact) mass is 404 g/mol. The van der Waals surface area contributed by atoms with Crippen LogP contribution in [0.2, 0.25) is 0 Å². The molecule has 0 amide bonds. The van der Waals surface area contributed by atoms with E-state index in [0.717, 1.165) is 32.0 Å². The SMILES string of the molecule is Cc1ccc(C)c(N2CCN(C(c3nnnn3Cc3ccccc3)C(C)C)CC2)c1. The molecule has 0 saturated carbocycles. The predicted molar refractivity (Wildman–Crippen MR) is 121 cm³/mol. The number of anilines is 1. The van der Waals surface area contributed by atoms with E-state index in [2.05, 4.69) is 95.5 Å². The van der Waals surface area contributed by atoms with E-state index in [9.17, 15) is 0 Å². The van der Waals surface area contributed by atoms with Crippen molar-refractivity contribution >= 4 is 5.69 Å². The summed E-state index contributed by atoms with van der Waals surface area (Å²) in [6.45, 7) is 13.7. The van der Waals surface area contributed by atoms with E-state index < -0.39 is 0 Å². The number of aryl methyl sites for hydroxylation is 2. The number of hydrogen-bond donors (Lipinski definition) is 0. The summed E-state index contributed by atoms with van der Waals surface area (Å²) in [4.78, 5) is 5.07. The second-order valence-corrected chi connectivity index (χ2v) is 8.68. The quantitative estimate of drug-likeness (QED) is 0.624. The average Bonchev–Trinajstić information content (AvgIpc) is 3.18. The van der Waals surface area contributed by atoms with Gasteiger partial charge in [-0.2, -0.15) is 0 Å². The molecule has 0 N–H and O–H groups in total. The highest BCUT2D eigenvalue weighted by atomic mass is 15.6. The van der Waals surface area contributed by atoms with Crippen LogP contribution in [-0.2, 0) is 6.54 Å². The Morgan fingerprint density at radius 3 is 2.37 bits per heavy atom. The van der Waals surface area contributed by atoms with Gasteiger partial charge in [-0.3, -0.25) is 4.90 Å². The smallest absolute Gasteiger partial charge is 0.169 e. The number of piperazine rings is 1. The molecule has 30 heavy (non-hydrogen) atoms. The third kappa shape index (κ3) is 4.38. The van der Waals surface area contributed by atoms with Gasteiger partial charge < -0.3 is 4.90 Å². The van der Waals surface area contributed by atoms with Crippen LogP contribution in [0.25, 0.3) is 0 Å². The van der Waals surface area contributed by atoms with E-state index in [1.165, 1.54) is 22.4 Å². The van der Waals surface area contributed by atoms with Crippen molar-refractivity contribution in [2.24, 2.45) is 5.92 Å². The zero-order chi connectivity index (χ0) is 21.1. The average molecular weight is 405 g/mol. The van der Waals surface area contributed by atoms with E-state index in [1.54, 1.807) is 0 Å². The predicted octanol–water partition coefficient (Wildman–Crippen LogP) is 3.86. The van der Waals surface area contributed by atoms with Crippen LogP contribution in [0.1, 0.15) is 42.4 Å². The fourth-order valence-corrected chi connectivity index (χ4v) is 4.48. The van der Waals surface area contributed by atoms with Crippen molar-refractivity contribution in [1.29, 1.82) is 0 Å². The summed E-state index contributed by atoms with van der Waals surface area (Å²) in [5.74, 6) is 1.40. The largest absolute Gasteiger partial charge is 0.369 e. The zero-order valence-electron chi connectivity index (χ0n) is 18.5. The Bertz CT molecular complexity index is 957. The van der Waals surface area contributed by atoms with E-state index >= 15 is 0 Å². The third-order valence-electron chi connectivity index (χ3n) is 6.04. The minimum atomic E-state index is 0.212. The van der Waals surface area contributed by atoms with Crippen LogP contribution < -0.4 is 4.90 Å². The molecule has 158 valence electrons. The van der Waals surface area contributed by atoms with Gasteiger partial charge in [-0.25, -0.2) is 4.68 Å². The highest BCUT2D eigenvalue weighted by Gasteiger charge is 2.31. The Morgan fingerprint density at radius 1 is 0.933 bits per heavy atom. The molecule has 1 fully saturated rings. The van der Waals surface area contributed by atoms with Gasteiger partial charge in [0.2, 0.25) is 0 Å². The lowest BCUT2D eigenvalue weighted by Gasteiger charge is -2.41. The third-order valence-corrected chi connectivity index (χ3v) is 6.04. The van der Waals surface area contributed by atoms with Crippen LogP contribution in [0, 0.1) is 19.8 Å². The van der Waals surface area contributed by atoms with E-state index in [4.69, 9.17) is 0 Å². The van der Waals surface area contributed by atoms with Crippen molar-refractivity contribution in [3.05, 3.63) is 71.0 Å². The molecule has 1 atom stereocenters. The molecule has 1 aromatic heterocycles. The molecule has 0 spiro atoms. The maximum Gasteiger partial charge on any atom is 0.169 e. The molecule has 4 rings (SSSR count). The molecule has 3 aromatic rings. The van der Waals surface area contributed by atoms with Gasteiger partial charge in [0.15, 0.2) is 5.82 Å². The summed E-state index contributed by atoms with van der Waals surface area (Å²) in [6, 6.07) is 17.4. The molecular weight excluding hydrogens is 372 g/mol. The first-order chi connectivity index (χ1) is 14.5. The van der Waals surface area contributed by atoms with E-state index in [1.807, 2.05) is 10.7 Å². The van der Waals surface area contributed by atoms with Crippen LogP contribution in [0.4, 0.5) is 5.69 Å². The Morgan fingerprint density at radius 2 is 1.67 bits per heavy atom. The topological polar surface area (TPSA) is 50.1 Å². The fourth-order valence-electron chi connectivity index (χ4n) is 4.48. The molecule has 1 saturated heterocycles. The second kappa shape index (κ2) is 8.96. The molecule has 1 aliphatic rings. The molecule has 0 radical (unpaired) electrons. The highest BCUT2D eigenvalue weighted by molar-refractivity contribution is 5.55. The van der Waals surface area contributed by atoms with Gasteiger partial charge in [0.25, 0.3) is 0 Å². The molecule has 6 nitrogen and oxygen atoms in total. The van der Waals surface area contributed by atoms with Gasteiger partial charge in [-0.15, -0.1) is 5.10 Å². The molecule has 6 heteroatoms. The number of hydrogen-bond acceptors (Lipinski definition) is 5. The standard InChI is InChI=1S/C24H32N6/c1-18(2)23(24-25-26-27-30(24)17-21-8-6-5-7-9-21)29-14-12-28(13-15-29)22-16-19(3)10-11-20(22)4/h5-11,16,18,23H,12-15,17H2,1-4H3. The van der Waals surface area contributed by atoms with Crippen molar-refractivity contribution in [3.8, 4) is 0 Å². The number of aromatic nitrogens is 4. The van der Waals surface area contributed by atoms with Crippen LogP contribution in [0.15, 0.2) is 48.5 Å². The van der Waals surface area contributed by atoms with E-state index in [-0.39, 0.29) is 6.04 Å². The normalized spacial score (nSPS) is 16.2. The second-order valence-electron chi connectivity index (χ2n) is 8.68. The van der Waals surface area contributed by atoms with E-state index in [0.29, 0.717) is 12.5 Å². The number of rotatable bonds is 6. The van der Waals surface area contributed by atoms with Gasteiger partial charge >= 0.3 is 0 Å². The Balaban J connectivity index is 1.50. The van der Waals surface area contributed by atoms with Crippen LogP contribution >= 0.6 is 0 Å². The van der Waals surface area contributed by atoms with Gasteiger partial charge in [0.05, 0.1) is 12.6 Å².